The molecule has 182 valence electrons. The van der Waals surface area contributed by atoms with Gasteiger partial charge in [0.2, 0.25) is 0 Å². The van der Waals surface area contributed by atoms with Crippen molar-refractivity contribution in [2.45, 2.75) is 58.0 Å². The van der Waals surface area contributed by atoms with E-state index >= 15 is 0 Å². The van der Waals surface area contributed by atoms with Gasteiger partial charge in [0.1, 0.15) is 18.1 Å². The van der Waals surface area contributed by atoms with Crippen molar-refractivity contribution in [2.24, 2.45) is 0 Å². The van der Waals surface area contributed by atoms with Crippen LogP contribution >= 0.6 is 31.9 Å². The summed E-state index contributed by atoms with van der Waals surface area (Å²) in [7, 11) is 0. The van der Waals surface area contributed by atoms with Gasteiger partial charge in [-0.2, -0.15) is 0 Å². The van der Waals surface area contributed by atoms with Crippen molar-refractivity contribution in [3.05, 3.63) is 79.1 Å². The maximum atomic E-state index is 13.1. The average Bonchev–Trinajstić information content (AvgIpc) is 2.84. The predicted octanol–water partition coefficient (Wildman–Crippen LogP) is 7.32. The standard InChI is InChI=1S/C28H26Br2O5/c1-2-33-24-14-17(13-19(30)28(24)34-15-16-7-3-4-8-18(16)29)25-26-20(31)9-5-11-22(26)35-23-12-6-10-21(32)27(23)25/h3-4,7-8,13-14,25H,2,5-6,9-12,15H2,1H3. The van der Waals surface area contributed by atoms with Gasteiger partial charge in [0.15, 0.2) is 23.1 Å². The molecule has 0 spiro atoms. The number of hydrogen-bond acceptors (Lipinski definition) is 5. The fraction of sp³-hybridized carbons (Fsp3) is 0.357. The predicted molar refractivity (Wildman–Crippen MR) is 139 cm³/mol. The van der Waals surface area contributed by atoms with Crippen LogP contribution < -0.4 is 9.47 Å². The number of rotatable bonds is 6. The Morgan fingerprint density at radius 1 is 0.886 bits per heavy atom. The number of ether oxygens (including phenoxy) is 3. The Kier molecular flexibility index (Phi) is 7.17. The second-order valence-electron chi connectivity index (χ2n) is 8.91. The lowest BCUT2D eigenvalue weighted by Crippen LogP contribution is -2.30. The van der Waals surface area contributed by atoms with Crippen molar-refractivity contribution >= 4 is 43.4 Å². The molecular formula is C28H26Br2O5. The minimum Gasteiger partial charge on any atom is -0.490 e. The Labute approximate surface area is 221 Å². The zero-order valence-electron chi connectivity index (χ0n) is 19.5. The van der Waals surface area contributed by atoms with E-state index in [1.807, 2.05) is 43.3 Å². The van der Waals surface area contributed by atoms with Gasteiger partial charge in [-0.05, 0) is 59.5 Å². The number of benzene rings is 2. The van der Waals surface area contributed by atoms with Gasteiger partial charge in [0.25, 0.3) is 0 Å². The zero-order valence-corrected chi connectivity index (χ0v) is 22.7. The molecule has 0 N–H and O–H groups in total. The summed E-state index contributed by atoms with van der Waals surface area (Å²) in [6.45, 7) is 2.73. The van der Waals surface area contributed by atoms with Crippen molar-refractivity contribution in [1.82, 2.24) is 0 Å². The summed E-state index contributed by atoms with van der Waals surface area (Å²) in [5.41, 5.74) is 3.10. The van der Waals surface area contributed by atoms with Crippen molar-refractivity contribution in [1.29, 1.82) is 0 Å². The highest BCUT2D eigenvalue weighted by Gasteiger charge is 2.42. The van der Waals surface area contributed by atoms with Crippen LogP contribution in [0.3, 0.4) is 0 Å². The zero-order chi connectivity index (χ0) is 24.5. The van der Waals surface area contributed by atoms with Crippen LogP contribution in [0.5, 0.6) is 11.5 Å². The van der Waals surface area contributed by atoms with E-state index in [0.29, 0.717) is 53.2 Å². The first-order valence-electron chi connectivity index (χ1n) is 12.0. The SMILES string of the molecule is CCOc1cc(C2C3=C(CCCC3=O)OC3=C2C(=O)CCC3)cc(Br)c1OCc1ccccc1Br. The number of ketones is 2. The van der Waals surface area contributed by atoms with Crippen LogP contribution in [-0.2, 0) is 20.9 Å². The van der Waals surface area contributed by atoms with E-state index in [1.54, 1.807) is 0 Å². The number of carbonyl (C=O) groups excluding carboxylic acids is 2. The van der Waals surface area contributed by atoms with Gasteiger partial charge in [-0.25, -0.2) is 0 Å². The molecule has 2 aliphatic carbocycles. The lowest BCUT2D eigenvalue weighted by Gasteiger charge is -2.36. The van der Waals surface area contributed by atoms with E-state index in [4.69, 9.17) is 14.2 Å². The van der Waals surface area contributed by atoms with Crippen LogP contribution in [-0.4, -0.2) is 18.2 Å². The molecule has 5 rings (SSSR count). The van der Waals surface area contributed by atoms with Crippen LogP contribution in [0.15, 0.2) is 68.0 Å². The molecule has 0 saturated carbocycles. The molecule has 0 atom stereocenters. The average molecular weight is 602 g/mol. The molecule has 35 heavy (non-hydrogen) atoms. The summed E-state index contributed by atoms with van der Waals surface area (Å²) in [6.07, 6.45) is 3.93. The molecular weight excluding hydrogens is 576 g/mol. The van der Waals surface area contributed by atoms with Gasteiger partial charge >= 0.3 is 0 Å². The van der Waals surface area contributed by atoms with Crippen LogP contribution in [0.1, 0.15) is 62.5 Å². The van der Waals surface area contributed by atoms with Crippen molar-refractivity contribution in [3.63, 3.8) is 0 Å². The summed E-state index contributed by atoms with van der Waals surface area (Å²) in [6, 6.07) is 11.8. The van der Waals surface area contributed by atoms with Crippen LogP contribution in [0.2, 0.25) is 0 Å². The monoisotopic (exact) mass is 600 g/mol. The van der Waals surface area contributed by atoms with Crippen molar-refractivity contribution < 1.29 is 23.8 Å². The van der Waals surface area contributed by atoms with E-state index in [1.165, 1.54) is 0 Å². The lowest BCUT2D eigenvalue weighted by molar-refractivity contribution is -0.117. The van der Waals surface area contributed by atoms with E-state index in [9.17, 15) is 9.59 Å². The highest BCUT2D eigenvalue weighted by Crippen LogP contribution is 2.50. The third-order valence-electron chi connectivity index (χ3n) is 6.64. The second kappa shape index (κ2) is 10.3. The van der Waals surface area contributed by atoms with Crippen molar-refractivity contribution in [3.8, 4) is 11.5 Å². The molecule has 0 saturated heterocycles. The molecule has 7 heteroatoms. The maximum Gasteiger partial charge on any atom is 0.175 e. The summed E-state index contributed by atoms with van der Waals surface area (Å²) in [5, 5.41) is 0. The molecule has 2 aromatic rings. The molecule has 0 bridgehead atoms. The third-order valence-corrected chi connectivity index (χ3v) is 8.00. The Hall–Kier alpha value is -2.38. The van der Waals surface area contributed by atoms with Gasteiger partial charge in [0, 0.05) is 52.8 Å². The summed E-state index contributed by atoms with van der Waals surface area (Å²) in [4.78, 5) is 26.2. The fourth-order valence-corrected chi connectivity index (χ4v) is 6.05. The summed E-state index contributed by atoms with van der Waals surface area (Å²) < 4.78 is 20.0. The lowest BCUT2D eigenvalue weighted by atomic mass is 9.73. The Bertz CT molecular complexity index is 1220. The normalized spacial score (nSPS) is 18.3. The van der Waals surface area contributed by atoms with E-state index in [-0.39, 0.29) is 11.6 Å². The first-order valence-corrected chi connectivity index (χ1v) is 13.6. The minimum atomic E-state index is -0.442. The van der Waals surface area contributed by atoms with E-state index in [0.717, 1.165) is 52.8 Å². The number of halogens is 2. The number of allylic oxidation sites excluding steroid dienone is 4. The topological polar surface area (TPSA) is 61.8 Å². The first-order chi connectivity index (χ1) is 17.0. The Morgan fingerprint density at radius 2 is 1.54 bits per heavy atom. The quantitative estimate of drug-likeness (QED) is 0.347. The van der Waals surface area contributed by atoms with E-state index < -0.39 is 5.92 Å². The molecule has 5 nitrogen and oxygen atoms in total. The van der Waals surface area contributed by atoms with Crippen LogP contribution in [0, 0.1) is 0 Å². The Morgan fingerprint density at radius 3 is 2.17 bits per heavy atom. The first kappa shape index (κ1) is 24.3. The van der Waals surface area contributed by atoms with Crippen LogP contribution in [0.25, 0.3) is 0 Å². The summed E-state index contributed by atoms with van der Waals surface area (Å²) in [5.74, 6) is 2.29. The maximum absolute atomic E-state index is 13.1. The smallest absolute Gasteiger partial charge is 0.175 e. The molecule has 0 fully saturated rings. The minimum absolute atomic E-state index is 0.0597. The highest BCUT2D eigenvalue weighted by atomic mass is 79.9. The molecule has 1 heterocycles. The van der Waals surface area contributed by atoms with Gasteiger partial charge in [-0.3, -0.25) is 9.59 Å². The number of carbonyl (C=O) groups is 2. The summed E-state index contributed by atoms with van der Waals surface area (Å²) >= 11 is 7.25. The molecule has 0 aromatic heterocycles. The van der Waals surface area contributed by atoms with Gasteiger partial charge < -0.3 is 14.2 Å². The number of Topliss-reactive ketones (excluding diaryl/α,β-unsaturated/α-hetero) is 2. The molecule has 0 amide bonds. The van der Waals surface area contributed by atoms with Crippen molar-refractivity contribution in [2.75, 3.05) is 6.61 Å². The molecule has 2 aromatic carbocycles. The second-order valence-corrected chi connectivity index (χ2v) is 10.6. The molecule has 0 unspecified atom stereocenters. The van der Waals surface area contributed by atoms with Gasteiger partial charge in [-0.1, -0.05) is 34.1 Å². The highest BCUT2D eigenvalue weighted by molar-refractivity contribution is 9.10. The van der Waals surface area contributed by atoms with Crippen LogP contribution in [0.4, 0.5) is 0 Å². The largest absolute Gasteiger partial charge is 0.490 e. The third kappa shape index (κ3) is 4.73. The molecule has 1 aliphatic heterocycles. The molecule has 3 aliphatic rings. The van der Waals surface area contributed by atoms with Gasteiger partial charge in [0.05, 0.1) is 11.1 Å². The number of hydrogen-bond donors (Lipinski definition) is 0. The van der Waals surface area contributed by atoms with E-state index in [2.05, 4.69) is 31.9 Å². The fourth-order valence-electron chi connectivity index (χ4n) is 5.07. The Balaban J connectivity index is 1.58. The molecule has 0 radical (unpaired) electrons. The van der Waals surface area contributed by atoms with Gasteiger partial charge in [-0.15, -0.1) is 0 Å².